The molecular formula is C22H20FNO2. The van der Waals surface area contributed by atoms with Gasteiger partial charge in [0.15, 0.2) is 0 Å². The van der Waals surface area contributed by atoms with Gasteiger partial charge in [-0.2, -0.15) is 0 Å². The Morgan fingerprint density at radius 1 is 0.923 bits per heavy atom. The molecule has 3 nitrogen and oxygen atoms in total. The summed E-state index contributed by atoms with van der Waals surface area (Å²) in [6, 6.07) is 23.3. The number of ether oxygens (including phenoxy) is 1. The Morgan fingerprint density at radius 2 is 1.58 bits per heavy atom. The van der Waals surface area contributed by atoms with E-state index in [-0.39, 0.29) is 18.3 Å². The molecule has 0 saturated heterocycles. The van der Waals surface area contributed by atoms with Crippen LogP contribution in [0.1, 0.15) is 21.5 Å². The fraction of sp³-hybridized carbons (Fsp3) is 0.136. The van der Waals surface area contributed by atoms with Crippen LogP contribution in [0.4, 0.5) is 4.39 Å². The molecule has 0 aromatic heterocycles. The second-order valence-electron chi connectivity index (χ2n) is 6.05. The molecular weight excluding hydrogens is 329 g/mol. The van der Waals surface area contributed by atoms with E-state index in [9.17, 15) is 9.18 Å². The lowest BCUT2D eigenvalue weighted by Gasteiger charge is -2.18. The Bertz CT molecular complexity index is 863. The van der Waals surface area contributed by atoms with E-state index < -0.39 is 0 Å². The molecule has 0 N–H and O–H groups in total. The molecule has 3 rings (SSSR count). The highest BCUT2D eigenvalue weighted by molar-refractivity contribution is 5.94. The molecule has 0 aliphatic rings. The standard InChI is InChI=1S/C22H20FNO2/c1-24(15-19-9-5-6-10-21(19)23)22(25)18-11-13-20(14-12-18)26-16-17-7-3-2-4-8-17/h2-14H,15-16H2,1H3. The molecule has 0 saturated carbocycles. The molecule has 3 aromatic carbocycles. The molecule has 0 aliphatic heterocycles. The molecule has 0 radical (unpaired) electrons. The summed E-state index contributed by atoms with van der Waals surface area (Å²) >= 11 is 0. The fourth-order valence-electron chi connectivity index (χ4n) is 2.61. The summed E-state index contributed by atoms with van der Waals surface area (Å²) < 4.78 is 19.5. The van der Waals surface area contributed by atoms with Crippen LogP contribution in [0.2, 0.25) is 0 Å². The number of halogens is 1. The van der Waals surface area contributed by atoms with Crippen LogP contribution >= 0.6 is 0 Å². The predicted molar refractivity (Wildman–Crippen MR) is 99.4 cm³/mol. The van der Waals surface area contributed by atoms with Gasteiger partial charge in [0.1, 0.15) is 18.2 Å². The third-order valence-electron chi connectivity index (χ3n) is 4.06. The smallest absolute Gasteiger partial charge is 0.253 e. The molecule has 4 heteroatoms. The van der Waals surface area contributed by atoms with E-state index in [2.05, 4.69) is 0 Å². The Balaban J connectivity index is 1.60. The first-order valence-electron chi connectivity index (χ1n) is 8.39. The Labute approximate surface area is 152 Å². The van der Waals surface area contributed by atoms with Gasteiger partial charge in [0, 0.05) is 24.7 Å². The second-order valence-corrected chi connectivity index (χ2v) is 6.05. The average molecular weight is 349 g/mol. The topological polar surface area (TPSA) is 29.5 Å². The lowest BCUT2D eigenvalue weighted by Crippen LogP contribution is -2.26. The minimum Gasteiger partial charge on any atom is -0.489 e. The normalized spacial score (nSPS) is 10.4. The van der Waals surface area contributed by atoms with Gasteiger partial charge in [-0.1, -0.05) is 48.5 Å². The molecule has 26 heavy (non-hydrogen) atoms. The quantitative estimate of drug-likeness (QED) is 0.647. The first kappa shape index (κ1) is 17.7. The van der Waals surface area contributed by atoms with Crippen LogP contribution in [0.25, 0.3) is 0 Å². The molecule has 0 atom stereocenters. The predicted octanol–water partition coefficient (Wildman–Crippen LogP) is 4.68. The van der Waals surface area contributed by atoms with Gasteiger partial charge in [-0.25, -0.2) is 4.39 Å². The maximum Gasteiger partial charge on any atom is 0.253 e. The number of hydrogen-bond donors (Lipinski definition) is 0. The first-order chi connectivity index (χ1) is 12.6. The minimum absolute atomic E-state index is 0.164. The highest BCUT2D eigenvalue weighted by atomic mass is 19.1. The summed E-state index contributed by atoms with van der Waals surface area (Å²) in [5.74, 6) is 0.224. The highest BCUT2D eigenvalue weighted by Crippen LogP contribution is 2.16. The van der Waals surface area contributed by atoms with Crippen LogP contribution in [-0.4, -0.2) is 17.9 Å². The molecule has 3 aromatic rings. The van der Waals surface area contributed by atoms with Crippen molar-refractivity contribution < 1.29 is 13.9 Å². The van der Waals surface area contributed by atoms with Gasteiger partial charge in [-0.05, 0) is 35.9 Å². The van der Waals surface area contributed by atoms with Crippen LogP contribution in [0, 0.1) is 5.82 Å². The van der Waals surface area contributed by atoms with Gasteiger partial charge in [0.25, 0.3) is 5.91 Å². The van der Waals surface area contributed by atoms with Crippen LogP contribution in [0.3, 0.4) is 0 Å². The molecule has 132 valence electrons. The zero-order chi connectivity index (χ0) is 18.4. The molecule has 0 bridgehead atoms. The van der Waals surface area contributed by atoms with Crippen molar-refractivity contribution in [2.45, 2.75) is 13.2 Å². The van der Waals surface area contributed by atoms with Gasteiger partial charge in [0.2, 0.25) is 0 Å². The maximum absolute atomic E-state index is 13.7. The monoisotopic (exact) mass is 349 g/mol. The first-order valence-corrected chi connectivity index (χ1v) is 8.39. The van der Waals surface area contributed by atoms with E-state index in [0.29, 0.717) is 23.5 Å². The summed E-state index contributed by atoms with van der Waals surface area (Å²) in [7, 11) is 1.66. The molecule has 0 aliphatic carbocycles. The van der Waals surface area contributed by atoms with Crippen molar-refractivity contribution in [1.82, 2.24) is 4.90 Å². The third kappa shape index (κ3) is 4.48. The molecule has 0 unspecified atom stereocenters. The van der Waals surface area contributed by atoms with Gasteiger partial charge in [-0.3, -0.25) is 4.79 Å². The second kappa shape index (κ2) is 8.30. The Kier molecular flexibility index (Phi) is 5.64. The molecule has 1 amide bonds. The maximum atomic E-state index is 13.7. The summed E-state index contributed by atoms with van der Waals surface area (Å²) in [4.78, 5) is 14.0. The summed E-state index contributed by atoms with van der Waals surface area (Å²) in [6.07, 6.45) is 0. The SMILES string of the molecule is CN(Cc1ccccc1F)C(=O)c1ccc(OCc2ccccc2)cc1. The lowest BCUT2D eigenvalue weighted by molar-refractivity contribution is 0.0784. The van der Waals surface area contributed by atoms with Gasteiger partial charge < -0.3 is 9.64 Å². The van der Waals surface area contributed by atoms with E-state index in [0.717, 1.165) is 5.56 Å². The number of benzene rings is 3. The van der Waals surface area contributed by atoms with Gasteiger partial charge in [0.05, 0.1) is 0 Å². The number of carbonyl (C=O) groups excluding carboxylic acids is 1. The van der Waals surface area contributed by atoms with Crippen molar-refractivity contribution in [3.05, 3.63) is 101 Å². The van der Waals surface area contributed by atoms with E-state index in [1.165, 1.54) is 11.0 Å². The fourth-order valence-corrected chi connectivity index (χ4v) is 2.61. The number of carbonyl (C=O) groups is 1. The van der Waals surface area contributed by atoms with E-state index in [4.69, 9.17) is 4.74 Å². The van der Waals surface area contributed by atoms with Crippen LogP contribution in [0.5, 0.6) is 5.75 Å². The van der Waals surface area contributed by atoms with E-state index in [1.54, 1.807) is 49.5 Å². The van der Waals surface area contributed by atoms with Crippen LogP contribution < -0.4 is 4.74 Å². The zero-order valence-electron chi connectivity index (χ0n) is 14.6. The van der Waals surface area contributed by atoms with Crippen molar-refractivity contribution in [1.29, 1.82) is 0 Å². The van der Waals surface area contributed by atoms with Crippen molar-refractivity contribution in [2.24, 2.45) is 0 Å². The van der Waals surface area contributed by atoms with Crippen molar-refractivity contribution in [3.8, 4) is 5.75 Å². The molecule has 0 heterocycles. The number of hydrogen-bond acceptors (Lipinski definition) is 2. The average Bonchev–Trinajstić information content (AvgIpc) is 2.69. The molecule has 0 fully saturated rings. The van der Waals surface area contributed by atoms with Gasteiger partial charge >= 0.3 is 0 Å². The summed E-state index contributed by atoms with van der Waals surface area (Å²) in [5, 5.41) is 0. The third-order valence-corrected chi connectivity index (χ3v) is 4.06. The van der Waals surface area contributed by atoms with E-state index in [1.807, 2.05) is 30.3 Å². The van der Waals surface area contributed by atoms with Crippen molar-refractivity contribution in [3.63, 3.8) is 0 Å². The van der Waals surface area contributed by atoms with E-state index >= 15 is 0 Å². The number of nitrogens with zero attached hydrogens (tertiary/aromatic N) is 1. The molecule has 0 spiro atoms. The highest BCUT2D eigenvalue weighted by Gasteiger charge is 2.13. The number of amides is 1. The van der Waals surface area contributed by atoms with Crippen LogP contribution in [0.15, 0.2) is 78.9 Å². The zero-order valence-corrected chi connectivity index (χ0v) is 14.6. The summed E-state index contributed by atoms with van der Waals surface area (Å²) in [5.41, 5.74) is 2.11. The Hall–Kier alpha value is -3.14. The lowest BCUT2D eigenvalue weighted by atomic mass is 10.1. The largest absolute Gasteiger partial charge is 0.489 e. The summed E-state index contributed by atoms with van der Waals surface area (Å²) in [6.45, 7) is 0.694. The van der Waals surface area contributed by atoms with Gasteiger partial charge in [-0.15, -0.1) is 0 Å². The Morgan fingerprint density at radius 3 is 2.27 bits per heavy atom. The van der Waals surface area contributed by atoms with Crippen molar-refractivity contribution in [2.75, 3.05) is 7.05 Å². The van der Waals surface area contributed by atoms with Crippen LogP contribution in [-0.2, 0) is 13.2 Å². The minimum atomic E-state index is -0.309. The number of rotatable bonds is 6. The van der Waals surface area contributed by atoms with Crippen molar-refractivity contribution >= 4 is 5.91 Å².